The molecule has 0 saturated carbocycles. The van der Waals surface area contributed by atoms with Crippen LogP contribution in [-0.4, -0.2) is 29.3 Å². The number of Topliss-reactive ketones (excluding diaryl/α,β-unsaturated/α-hetero) is 1. The molecule has 3 aromatic rings. The summed E-state index contributed by atoms with van der Waals surface area (Å²) in [5, 5.41) is 6.27. The number of carbonyl (C=O) groups excluding carboxylic acids is 2. The topological polar surface area (TPSA) is 68.3 Å². The van der Waals surface area contributed by atoms with E-state index in [4.69, 9.17) is 16.3 Å². The summed E-state index contributed by atoms with van der Waals surface area (Å²) in [5.41, 5.74) is 2.74. The fourth-order valence-electron chi connectivity index (χ4n) is 3.22. The van der Waals surface area contributed by atoms with Gasteiger partial charge in [0.25, 0.3) is 0 Å². The zero-order valence-corrected chi connectivity index (χ0v) is 18.8. The van der Waals surface area contributed by atoms with E-state index in [2.05, 4.69) is 10.3 Å². The molecule has 0 fully saturated rings. The van der Waals surface area contributed by atoms with Crippen LogP contribution in [0, 0.1) is 6.92 Å². The van der Waals surface area contributed by atoms with E-state index in [1.807, 2.05) is 36.6 Å². The number of benzene rings is 1. The van der Waals surface area contributed by atoms with Crippen molar-refractivity contribution in [2.75, 3.05) is 6.54 Å². The molecule has 1 aliphatic heterocycles. The number of aryl methyl sites for hydroxylation is 1. The molecule has 1 atom stereocenters. The SMILES string of the molecule is CC(=O)c1ccc(-c2cc(Cl)c3c(c2)CC(CNC(=O)C=Cc2csc(C)n2)O3)s1. The standard InChI is InChI=1S/C22H19ClN2O3S2/c1-12(26)19-4-5-20(30-19)14-7-15-8-17(28-22(15)18(23)9-14)10-24-21(27)6-3-16-11-29-13(2)25-16/h3-7,9,11,17H,8,10H2,1-2H3,(H,24,27). The molecule has 8 heteroatoms. The summed E-state index contributed by atoms with van der Waals surface area (Å²) < 4.78 is 5.96. The van der Waals surface area contributed by atoms with Crippen LogP contribution in [0.1, 0.15) is 32.9 Å². The third kappa shape index (κ3) is 4.64. The van der Waals surface area contributed by atoms with Crippen LogP contribution >= 0.6 is 34.3 Å². The summed E-state index contributed by atoms with van der Waals surface area (Å²) in [4.78, 5) is 29.7. The van der Waals surface area contributed by atoms with Gasteiger partial charge in [-0.05, 0) is 49.8 Å². The number of rotatable bonds is 6. The molecule has 0 radical (unpaired) electrons. The van der Waals surface area contributed by atoms with Crippen molar-refractivity contribution in [1.29, 1.82) is 0 Å². The first kappa shape index (κ1) is 20.8. The minimum absolute atomic E-state index is 0.0524. The number of thiazole rings is 1. The molecule has 0 spiro atoms. The van der Waals surface area contributed by atoms with E-state index in [0.29, 0.717) is 23.7 Å². The predicted molar refractivity (Wildman–Crippen MR) is 122 cm³/mol. The summed E-state index contributed by atoms with van der Waals surface area (Å²) in [6.45, 7) is 3.87. The maximum atomic E-state index is 12.1. The quantitative estimate of drug-likeness (QED) is 0.408. The van der Waals surface area contributed by atoms with Crippen molar-refractivity contribution in [3.05, 3.63) is 61.9 Å². The number of aromatic nitrogens is 1. The number of ketones is 1. The number of nitrogens with one attached hydrogen (secondary N) is 1. The number of hydrogen-bond donors (Lipinski definition) is 1. The van der Waals surface area contributed by atoms with Gasteiger partial charge in [0.15, 0.2) is 5.78 Å². The summed E-state index contributed by atoms with van der Waals surface area (Å²) in [6, 6.07) is 7.67. The van der Waals surface area contributed by atoms with Gasteiger partial charge in [-0.1, -0.05) is 11.6 Å². The van der Waals surface area contributed by atoms with Gasteiger partial charge in [-0.25, -0.2) is 4.98 Å². The van der Waals surface area contributed by atoms with E-state index in [-0.39, 0.29) is 17.8 Å². The number of nitrogens with zero attached hydrogens (tertiary/aromatic N) is 1. The maximum absolute atomic E-state index is 12.1. The summed E-state index contributed by atoms with van der Waals surface area (Å²) in [5.74, 6) is 0.524. The molecule has 1 N–H and O–H groups in total. The Bertz CT molecular complexity index is 1150. The largest absolute Gasteiger partial charge is 0.486 e. The summed E-state index contributed by atoms with van der Waals surface area (Å²) in [6.07, 6.45) is 3.65. The second-order valence-electron chi connectivity index (χ2n) is 6.98. The highest BCUT2D eigenvalue weighted by molar-refractivity contribution is 7.17. The molecule has 154 valence electrons. The Morgan fingerprint density at radius 1 is 1.37 bits per heavy atom. The zero-order chi connectivity index (χ0) is 21.3. The lowest BCUT2D eigenvalue weighted by Gasteiger charge is -2.11. The zero-order valence-electron chi connectivity index (χ0n) is 16.4. The number of halogens is 1. The smallest absolute Gasteiger partial charge is 0.244 e. The van der Waals surface area contributed by atoms with Gasteiger partial charge in [0.1, 0.15) is 11.9 Å². The molecule has 1 aromatic carbocycles. The second kappa shape index (κ2) is 8.71. The van der Waals surface area contributed by atoms with Gasteiger partial charge >= 0.3 is 0 Å². The molecule has 0 bridgehead atoms. The third-order valence-corrected chi connectivity index (χ3v) is 6.94. The van der Waals surface area contributed by atoms with Crippen molar-refractivity contribution in [2.45, 2.75) is 26.4 Å². The lowest BCUT2D eigenvalue weighted by Crippen LogP contribution is -2.33. The van der Waals surface area contributed by atoms with E-state index in [0.717, 1.165) is 31.6 Å². The predicted octanol–water partition coefficient (Wildman–Crippen LogP) is 5.17. The van der Waals surface area contributed by atoms with Crippen LogP contribution in [-0.2, 0) is 11.2 Å². The molecule has 1 amide bonds. The second-order valence-corrected chi connectivity index (χ2v) is 9.53. The molecular weight excluding hydrogens is 440 g/mol. The van der Waals surface area contributed by atoms with E-state index in [1.54, 1.807) is 24.3 Å². The van der Waals surface area contributed by atoms with Gasteiger partial charge in [-0.2, -0.15) is 0 Å². The number of ether oxygens (including phenoxy) is 1. The monoisotopic (exact) mass is 458 g/mol. The lowest BCUT2D eigenvalue weighted by molar-refractivity contribution is -0.116. The highest BCUT2D eigenvalue weighted by Crippen LogP contribution is 2.41. The molecule has 0 saturated heterocycles. The summed E-state index contributed by atoms with van der Waals surface area (Å²) in [7, 11) is 0. The first-order valence-electron chi connectivity index (χ1n) is 9.37. The van der Waals surface area contributed by atoms with Crippen LogP contribution in [0.15, 0.2) is 35.7 Å². The molecule has 4 rings (SSSR count). The highest BCUT2D eigenvalue weighted by atomic mass is 35.5. The minimum Gasteiger partial charge on any atom is -0.486 e. The van der Waals surface area contributed by atoms with Gasteiger partial charge in [0.05, 0.1) is 27.1 Å². The Morgan fingerprint density at radius 2 is 2.20 bits per heavy atom. The van der Waals surface area contributed by atoms with Crippen LogP contribution in [0.25, 0.3) is 16.5 Å². The lowest BCUT2D eigenvalue weighted by atomic mass is 10.1. The van der Waals surface area contributed by atoms with Crippen molar-refractivity contribution < 1.29 is 14.3 Å². The normalized spacial score (nSPS) is 15.2. The maximum Gasteiger partial charge on any atom is 0.244 e. The highest BCUT2D eigenvalue weighted by Gasteiger charge is 2.26. The Hall–Kier alpha value is -2.48. The molecule has 2 aromatic heterocycles. The van der Waals surface area contributed by atoms with Crippen LogP contribution in [0.5, 0.6) is 5.75 Å². The molecule has 5 nitrogen and oxygen atoms in total. The fourth-order valence-corrected chi connectivity index (χ4v) is 4.97. The van der Waals surface area contributed by atoms with E-state index >= 15 is 0 Å². The molecule has 30 heavy (non-hydrogen) atoms. The first-order chi connectivity index (χ1) is 14.4. The van der Waals surface area contributed by atoms with Gasteiger partial charge < -0.3 is 10.1 Å². The van der Waals surface area contributed by atoms with Crippen LogP contribution in [0.3, 0.4) is 0 Å². The number of amides is 1. The Kier molecular flexibility index (Phi) is 6.04. The Balaban J connectivity index is 1.39. The van der Waals surface area contributed by atoms with Crippen molar-refractivity contribution in [2.24, 2.45) is 0 Å². The van der Waals surface area contributed by atoms with Gasteiger partial charge in [-0.15, -0.1) is 22.7 Å². The fraction of sp³-hybridized carbons (Fsp3) is 0.227. The minimum atomic E-state index is -0.192. The summed E-state index contributed by atoms with van der Waals surface area (Å²) >= 11 is 9.44. The van der Waals surface area contributed by atoms with Gasteiger partial charge in [0.2, 0.25) is 5.91 Å². The molecular formula is C22H19ClN2O3S2. The van der Waals surface area contributed by atoms with Crippen molar-refractivity contribution in [3.8, 4) is 16.2 Å². The average molecular weight is 459 g/mol. The first-order valence-corrected chi connectivity index (χ1v) is 11.4. The Labute approximate surface area is 187 Å². The van der Waals surface area contributed by atoms with Crippen LogP contribution < -0.4 is 10.1 Å². The number of hydrogen-bond acceptors (Lipinski definition) is 6. The average Bonchev–Trinajstić information content (AvgIpc) is 3.43. The molecule has 1 aliphatic rings. The van der Waals surface area contributed by atoms with Crippen LogP contribution in [0.4, 0.5) is 0 Å². The van der Waals surface area contributed by atoms with Gasteiger partial charge in [0, 0.05) is 28.3 Å². The number of thiophene rings is 1. The van der Waals surface area contributed by atoms with Crippen molar-refractivity contribution >= 4 is 52.0 Å². The van der Waals surface area contributed by atoms with Crippen molar-refractivity contribution in [3.63, 3.8) is 0 Å². The molecule has 3 heterocycles. The third-order valence-electron chi connectivity index (χ3n) is 4.64. The van der Waals surface area contributed by atoms with E-state index in [9.17, 15) is 9.59 Å². The van der Waals surface area contributed by atoms with Crippen LogP contribution in [0.2, 0.25) is 5.02 Å². The molecule has 1 unspecified atom stereocenters. The van der Waals surface area contributed by atoms with E-state index < -0.39 is 0 Å². The van der Waals surface area contributed by atoms with Gasteiger partial charge in [-0.3, -0.25) is 9.59 Å². The number of fused-ring (bicyclic) bond motifs is 1. The Morgan fingerprint density at radius 3 is 2.90 bits per heavy atom. The van der Waals surface area contributed by atoms with E-state index in [1.165, 1.54) is 17.4 Å². The van der Waals surface area contributed by atoms with Crippen molar-refractivity contribution in [1.82, 2.24) is 10.3 Å². The number of carbonyl (C=O) groups is 2. The molecule has 0 aliphatic carbocycles.